The fourth-order valence-corrected chi connectivity index (χ4v) is 2.48. The van der Waals surface area contributed by atoms with Gasteiger partial charge in [0.05, 0.1) is 6.61 Å². The molecule has 0 radical (unpaired) electrons. The van der Waals surface area contributed by atoms with Crippen molar-refractivity contribution in [2.75, 3.05) is 6.61 Å². The minimum atomic E-state index is -1.45. The molecule has 1 aliphatic rings. The van der Waals surface area contributed by atoms with E-state index in [4.69, 9.17) is 9.47 Å². The summed E-state index contributed by atoms with van der Waals surface area (Å²) in [4.78, 5) is 0. The number of benzene rings is 1. The van der Waals surface area contributed by atoms with Crippen molar-refractivity contribution in [2.45, 2.75) is 56.9 Å². The lowest BCUT2D eigenvalue weighted by Gasteiger charge is -2.40. The van der Waals surface area contributed by atoms with E-state index in [1.54, 1.807) is 12.1 Å². The number of aliphatic hydroxyl groups is 4. The van der Waals surface area contributed by atoms with Gasteiger partial charge in [-0.25, -0.2) is 0 Å². The van der Waals surface area contributed by atoms with Gasteiger partial charge in [-0.3, -0.25) is 0 Å². The van der Waals surface area contributed by atoms with E-state index in [0.29, 0.717) is 5.75 Å². The van der Waals surface area contributed by atoms with E-state index in [-0.39, 0.29) is 5.41 Å². The van der Waals surface area contributed by atoms with E-state index in [0.717, 1.165) is 5.56 Å². The van der Waals surface area contributed by atoms with Gasteiger partial charge in [-0.15, -0.1) is 0 Å². The maximum Gasteiger partial charge on any atom is 0.229 e. The van der Waals surface area contributed by atoms with Crippen LogP contribution >= 0.6 is 0 Å². The fourth-order valence-electron chi connectivity index (χ4n) is 2.48. The maximum absolute atomic E-state index is 10.0. The molecule has 1 aromatic rings. The molecule has 0 saturated carbocycles. The normalized spacial score (nSPS) is 32.8. The van der Waals surface area contributed by atoms with E-state index < -0.39 is 37.3 Å². The van der Waals surface area contributed by atoms with Crippen LogP contribution in [0.1, 0.15) is 26.3 Å². The van der Waals surface area contributed by atoms with Gasteiger partial charge < -0.3 is 29.9 Å². The van der Waals surface area contributed by atoms with Crippen LogP contribution in [-0.2, 0) is 10.2 Å². The molecule has 0 amide bonds. The molecule has 0 aromatic heterocycles. The molecule has 0 bridgehead atoms. The first kappa shape index (κ1) is 17.2. The van der Waals surface area contributed by atoms with Crippen LogP contribution in [0, 0.1) is 0 Å². The average Bonchev–Trinajstić information content (AvgIpc) is 2.47. The van der Waals surface area contributed by atoms with E-state index >= 15 is 0 Å². The van der Waals surface area contributed by atoms with Crippen LogP contribution in [0.5, 0.6) is 5.75 Å². The largest absolute Gasteiger partial charge is 0.462 e. The summed E-state index contributed by atoms with van der Waals surface area (Å²) in [5.41, 5.74) is 0.747. The van der Waals surface area contributed by atoms with Crippen LogP contribution in [0.25, 0.3) is 0 Å². The van der Waals surface area contributed by atoms with Crippen LogP contribution in [-0.4, -0.2) is 57.7 Å². The van der Waals surface area contributed by atoms with E-state index in [2.05, 4.69) is 0 Å². The number of aliphatic hydroxyl groups excluding tert-OH is 4. The minimum absolute atomic E-state index is 0.176. The molecular formula is C16H24O6. The molecule has 1 heterocycles. The number of rotatable bonds is 3. The molecule has 4 N–H and O–H groups in total. The van der Waals surface area contributed by atoms with Crippen molar-refractivity contribution in [2.24, 2.45) is 0 Å². The molecule has 2 rings (SSSR count). The van der Waals surface area contributed by atoms with Gasteiger partial charge in [0.1, 0.15) is 30.2 Å². The van der Waals surface area contributed by atoms with Gasteiger partial charge in [-0.05, 0) is 17.0 Å². The molecule has 1 aliphatic heterocycles. The lowest BCUT2D eigenvalue weighted by molar-refractivity contribution is -0.277. The molecule has 6 heteroatoms. The van der Waals surface area contributed by atoms with Crippen molar-refractivity contribution in [1.82, 2.24) is 0 Å². The Balaban J connectivity index is 2.23. The summed E-state index contributed by atoms with van der Waals surface area (Å²) in [6.45, 7) is 5.61. The lowest BCUT2D eigenvalue weighted by Crippen LogP contribution is -2.60. The van der Waals surface area contributed by atoms with Gasteiger partial charge in [0.25, 0.3) is 0 Å². The molecule has 1 fully saturated rings. The Morgan fingerprint density at radius 1 is 1.05 bits per heavy atom. The zero-order valence-corrected chi connectivity index (χ0v) is 13.0. The molecule has 22 heavy (non-hydrogen) atoms. The molecule has 124 valence electrons. The Morgan fingerprint density at radius 2 is 1.68 bits per heavy atom. The Morgan fingerprint density at radius 3 is 2.27 bits per heavy atom. The predicted molar refractivity (Wildman–Crippen MR) is 79.5 cm³/mol. The summed E-state index contributed by atoms with van der Waals surface area (Å²) in [7, 11) is 0. The zero-order valence-electron chi connectivity index (χ0n) is 13.0. The Hall–Kier alpha value is -1.18. The molecule has 0 unspecified atom stereocenters. The summed E-state index contributed by atoms with van der Waals surface area (Å²) in [5, 5.41) is 38.8. The Labute approximate surface area is 129 Å². The van der Waals surface area contributed by atoms with Crippen LogP contribution in [0.3, 0.4) is 0 Å². The SMILES string of the molecule is CC(C)(C)c1ccccc1O[C@@H]1O[C@H](CO)[C@H](O)[C@H](O)[C@H]1O. The van der Waals surface area contributed by atoms with Crippen LogP contribution in [0.15, 0.2) is 24.3 Å². The Kier molecular flexibility index (Phi) is 5.09. The van der Waals surface area contributed by atoms with E-state index in [1.807, 2.05) is 32.9 Å². The van der Waals surface area contributed by atoms with Crippen molar-refractivity contribution in [3.63, 3.8) is 0 Å². The molecule has 0 aliphatic carbocycles. The second-order valence-electron chi connectivity index (χ2n) is 6.56. The smallest absolute Gasteiger partial charge is 0.229 e. The number of hydrogen-bond acceptors (Lipinski definition) is 6. The van der Waals surface area contributed by atoms with Crippen molar-refractivity contribution >= 4 is 0 Å². The summed E-state index contributed by atoms with van der Waals surface area (Å²) >= 11 is 0. The van der Waals surface area contributed by atoms with Gasteiger partial charge in [-0.1, -0.05) is 39.0 Å². The molecule has 1 aromatic carbocycles. The first-order chi connectivity index (χ1) is 10.3. The number of ether oxygens (including phenoxy) is 2. The number of para-hydroxylation sites is 1. The highest BCUT2D eigenvalue weighted by Gasteiger charge is 2.45. The van der Waals surface area contributed by atoms with Crippen molar-refractivity contribution < 1.29 is 29.9 Å². The second-order valence-corrected chi connectivity index (χ2v) is 6.56. The Bertz CT molecular complexity index is 496. The van der Waals surface area contributed by atoms with Crippen LogP contribution in [0.2, 0.25) is 0 Å². The first-order valence-electron chi connectivity index (χ1n) is 7.32. The third kappa shape index (κ3) is 3.42. The summed E-state index contributed by atoms with van der Waals surface area (Å²) in [5.74, 6) is 0.527. The first-order valence-corrected chi connectivity index (χ1v) is 7.32. The van der Waals surface area contributed by atoms with Crippen molar-refractivity contribution in [3.05, 3.63) is 29.8 Å². The standard InChI is InChI=1S/C16H24O6/c1-16(2,3)9-6-4-5-7-10(9)21-15-14(20)13(19)12(18)11(8-17)22-15/h4-7,11-15,17-20H,8H2,1-3H3/t11-,12+,13+,14-,15-/m1/s1. The fraction of sp³-hybridized carbons (Fsp3) is 0.625. The summed E-state index contributed by atoms with van der Waals surface area (Å²) in [6.07, 6.45) is -6.40. The monoisotopic (exact) mass is 312 g/mol. The van der Waals surface area contributed by atoms with Crippen molar-refractivity contribution in [1.29, 1.82) is 0 Å². The van der Waals surface area contributed by atoms with Crippen LogP contribution in [0.4, 0.5) is 0 Å². The third-order valence-electron chi connectivity index (χ3n) is 3.79. The minimum Gasteiger partial charge on any atom is -0.462 e. The second kappa shape index (κ2) is 6.52. The van der Waals surface area contributed by atoms with Crippen molar-refractivity contribution in [3.8, 4) is 5.75 Å². The van der Waals surface area contributed by atoms with Crippen LogP contribution < -0.4 is 4.74 Å². The molecule has 0 spiro atoms. The molecule has 6 nitrogen and oxygen atoms in total. The van der Waals surface area contributed by atoms with Gasteiger partial charge in [-0.2, -0.15) is 0 Å². The topological polar surface area (TPSA) is 99.4 Å². The molecule has 1 saturated heterocycles. The maximum atomic E-state index is 10.0. The lowest BCUT2D eigenvalue weighted by atomic mass is 9.86. The number of hydrogen-bond donors (Lipinski definition) is 4. The highest BCUT2D eigenvalue weighted by atomic mass is 16.7. The molecule has 5 atom stereocenters. The van der Waals surface area contributed by atoms with Gasteiger partial charge in [0.15, 0.2) is 0 Å². The van der Waals surface area contributed by atoms with Gasteiger partial charge in [0, 0.05) is 0 Å². The highest BCUT2D eigenvalue weighted by molar-refractivity contribution is 5.38. The summed E-state index contributed by atoms with van der Waals surface area (Å²) in [6, 6.07) is 7.36. The zero-order chi connectivity index (χ0) is 16.5. The van der Waals surface area contributed by atoms with Gasteiger partial charge >= 0.3 is 0 Å². The van der Waals surface area contributed by atoms with Gasteiger partial charge in [0.2, 0.25) is 6.29 Å². The van der Waals surface area contributed by atoms with E-state index in [1.165, 1.54) is 0 Å². The quantitative estimate of drug-likeness (QED) is 0.635. The highest BCUT2D eigenvalue weighted by Crippen LogP contribution is 2.33. The molecular weight excluding hydrogens is 288 g/mol. The summed E-state index contributed by atoms with van der Waals surface area (Å²) < 4.78 is 11.1. The average molecular weight is 312 g/mol. The van der Waals surface area contributed by atoms with E-state index in [9.17, 15) is 20.4 Å². The predicted octanol–water partition coefficient (Wildman–Crippen LogP) is 0.163. The third-order valence-corrected chi connectivity index (χ3v) is 3.79.